The van der Waals surface area contributed by atoms with Crippen molar-refractivity contribution in [1.29, 1.82) is 0 Å². The van der Waals surface area contributed by atoms with Crippen LogP contribution in [-0.2, 0) is 22.9 Å². The first-order chi connectivity index (χ1) is 11.5. The zero-order chi connectivity index (χ0) is 17.2. The quantitative estimate of drug-likeness (QED) is 0.669. The third-order valence-corrected chi connectivity index (χ3v) is 5.83. The van der Waals surface area contributed by atoms with Gasteiger partial charge in [0.05, 0.1) is 11.4 Å². The van der Waals surface area contributed by atoms with Gasteiger partial charge < -0.3 is 0 Å². The molecule has 0 aromatic heterocycles. The van der Waals surface area contributed by atoms with Crippen LogP contribution < -0.4 is 4.72 Å². The number of nitrogens with zero attached hydrogens (tertiary/aromatic N) is 3. The van der Waals surface area contributed by atoms with Crippen LogP contribution in [0.3, 0.4) is 0 Å². The van der Waals surface area contributed by atoms with Crippen LogP contribution in [-0.4, -0.2) is 38.7 Å². The second-order valence-corrected chi connectivity index (χ2v) is 7.88. The Kier molecular flexibility index (Phi) is 4.89. The van der Waals surface area contributed by atoms with Gasteiger partial charge in [-0.3, -0.25) is 4.99 Å². The largest absolute Gasteiger partial charge is 0.264 e. The zero-order valence-electron chi connectivity index (χ0n) is 14.2. The summed E-state index contributed by atoms with van der Waals surface area (Å²) < 4.78 is 28.1. The van der Waals surface area contributed by atoms with E-state index in [1.807, 2.05) is 19.2 Å². The first kappa shape index (κ1) is 17.0. The maximum absolute atomic E-state index is 12.8. The van der Waals surface area contributed by atoms with Crippen molar-refractivity contribution in [3.8, 4) is 0 Å². The summed E-state index contributed by atoms with van der Waals surface area (Å²) in [5, 5.41) is 5.93. The Labute approximate surface area is 143 Å². The Morgan fingerprint density at radius 2 is 2.12 bits per heavy atom. The number of guanidine groups is 1. The lowest BCUT2D eigenvalue weighted by Crippen LogP contribution is -2.41. The molecule has 6 nitrogen and oxygen atoms in total. The number of hydrogen-bond donors (Lipinski definition) is 1. The number of benzene rings is 1. The van der Waals surface area contributed by atoms with E-state index in [0.717, 1.165) is 31.2 Å². The number of fused-ring (bicyclic) bond motifs is 1. The average Bonchev–Trinajstić information content (AvgIpc) is 3.22. The minimum atomic E-state index is -3.66. The summed E-state index contributed by atoms with van der Waals surface area (Å²) in [6.45, 7) is 5.11. The van der Waals surface area contributed by atoms with Crippen molar-refractivity contribution >= 4 is 22.2 Å². The van der Waals surface area contributed by atoms with Gasteiger partial charge in [0.25, 0.3) is 10.0 Å². The first-order valence-corrected chi connectivity index (χ1v) is 10.0. The van der Waals surface area contributed by atoms with Gasteiger partial charge in [0.15, 0.2) is 0 Å². The molecule has 0 saturated heterocycles. The number of aryl methyl sites for hydroxylation is 2. The lowest BCUT2D eigenvalue weighted by molar-refractivity contribution is 0.429. The van der Waals surface area contributed by atoms with E-state index in [4.69, 9.17) is 0 Å². The van der Waals surface area contributed by atoms with Crippen LogP contribution in [0, 0.1) is 5.92 Å². The highest BCUT2D eigenvalue weighted by Gasteiger charge is 2.25. The number of hydrogen-bond acceptors (Lipinski definition) is 4. The minimum Gasteiger partial charge on any atom is -0.251 e. The van der Waals surface area contributed by atoms with Crippen molar-refractivity contribution in [2.45, 2.75) is 44.4 Å². The van der Waals surface area contributed by atoms with E-state index in [-0.39, 0.29) is 0 Å². The van der Waals surface area contributed by atoms with Crippen LogP contribution in [0.5, 0.6) is 0 Å². The summed E-state index contributed by atoms with van der Waals surface area (Å²) in [5.74, 6) is 0.627. The molecule has 0 fully saturated rings. The highest BCUT2D eigenvalue weighted by molar-refractivity contribution is 7.90. The highest BCUT2D eigenvalue weighted by Crippen LogP contribution is 2.24. The summed E-state index contributed by atoms with van der Waals surface area (Å²) in [4.78, 5) is 4.59. The summed E-state index contributed by atoms with van der Waals surface area (Å²) in [7, 11) is -3.66. The van der Waals surface area contributed by atoms with Crippen molar-refractivity contribution in [2.75, 3.05) is 13.1 Å². The Morgan fingerprint density at radius 3 is 2.83 bits per heavy atom. The monoisotopic (exact) mass is 348 g/mol. The molecule has 0 spiro atoms. The molecule has 7 heteroatoms. The number of nitrogens with one attached hydrogen (secondary N) is 1. The molecule has 0 saturated carbocycles. The minimum absolute atomic E-state index is 0.294. The number of aliphatic imine (C=N–C) groups is 1. The lowest BCUT2D eigenvalue weighted by Gasteiger charge is -2.19. The van der Waals surface area contributed by atoms with Crippen LogP contribution >= 0.6 is 0 Å². The van der Waals surface area contributed by atoms with E-state index in [1.165, 1.54) is 5.56 Å². The maximum Gasteiger partial charge on any atom is 0.264 e. The topological polar surface area (TPSA) is 74.1 Å². The predicted molar refractivity (Wildman–Crippen MR) is 95.7 cm³/mol. The molecule has 1 N–H and O–H groups in total. The van der Waals surface area contributed by atoms with Gasteiger partial charge in [0, 0.05) is 18.7 Å². The van der Waals surface area contributed by atoms with Gasteiger partial charge in [-0.1, -0.05) is 13.0 Å². The Bertz CT molecular complexity index is 771. The van der Waals surface area contributed by atoms with Gasteiger partial charge in [0.2, 0.25) is 5.96 Å². The van der Waals surface area contributed by atoms with Crippen molar-refractivity contribution in [1.82, 2.24) is 9.73 Å². The van der Waals surface area contributed by atoms with E-state index in [9.17, 15) is 8.42 Å². The molecule has 0 bridgehead atoms. The van der Waals surface area contributed by atoms with E-state index >= 15 is 0 Å². The molecule has 3 rings (SSSR count). The van der Waals surface area contributed by atoms with Crippen LogP contribution in [0.25, 0.3) is 0 Å². The fraction of sp³-hybridized carbons (Fsp3) is 0.529. The maximum atomic E-state index is 12.8. The van der Waals surface area contributed by atoms with E-state index in [0.29, 0.717) is 29.9 Å². The molecule has 1 unspecified atom stereocenters. The van der Waals surface area contributed by atoms with E-state index in [1.54, 1.807) is 17.1 Å². The summed E-state index contributed by atoms with van der Waals surface area (Å²) in [5.41, 5.74) is 2.39. The first-order valence-electron chi connectivity index (χ1n) is 8.54. The number of rotatable bonds is 4. The molecule has 1 heterocycles. The second kappa shape index (κ2) is 6.93. The molecular weight excluding hydrogens is 324 g/mol. The van der Waals surface area contributed by atoms with E-state index < -0.39 is 10.0 Å². The van der Waals surface area contributed by atoms with Gasteiger partial charge >= 0.3 is 0 Å². The summed E-state index contributed by atoms with van der Waals surface area (Å²) in [6, 6.07) is 5.39. The highest BCUT2D eigenvalue weighted by atomic mass is 32.2. The van der Waals surface area contributed by atoms with Gasteiger partial charge in [-0.25, -0.2) is 18.1 Å². The summed E-state index contributed by atoms with van der Waals surface area (Å²) in [6.07, 6.45) is 5.90. The third-order valence-electron chi connectivity index (χ3n) is 4.51. The van der Waals surface area contributed by atoms with Gasteiger partial charge in [-0.15, -0.1) is 0 Å². The number of sulfonamides is 1. The average molecular weight is 348 g/mol. The van der Waals surface area contributed by atoms with E-state index in [2.05, 4.69) is 21.7 Å². The molecule has 1 aromatic carbocycles. The SMILES string of the molecule is CCN=C(NS(=O)(=O)c1ccc2c(c1)CCC2)N1CC(CC)C=N1. The predicted octanol–water partition coefficient (Wildman–Crippen LogP) is 2.16. The molecule has 0 amide bonds. The molecular formula is C17H24N4O2S. The molecule has 1 aliphatic carbocycles. The van der Waals surface area contributed by atoms with Crippen molar-refractivity contribution in [3.05, 3.63) is 29.3 Å². The number of hydrazone groups is 1. The van der Waals surface area contributed by atoms with Gasteiger partial charge in [0.1, 0.15) is 0 Å². The van der Waals surface area contributed by atoms with Gasteiger partial charge in [-0.05, 0) is 55.9 Å². The molecule has 0 radical (unpaired) electrons. The Morgan fingerprint density at radius 1 is 1.33 bits per heavy atom. The van der Waals surface area contributed by atoms with Crippen molar-refractivity contribution in [2.24, 2.45) is 16.0 Å². The van der Waals surface area contributed by atoms with Crippen molar-refractivity contribution in [3.63, 3.8) is 0 Å². The fourth-order valence-electron chi connectivity index (χ4n) is 3.08. The molecule has 24 heavy (non-hydrogen) atoms. The van der Waals surface area contributed by atoms with Crippen LogP contribution in [0.2, 0.25) is 0 Å². The fourth-order valence-corrected chi connectivity index (χ4v) is 4.15. The lowest BCUT2D eigenvalue weighted by atomic mass is 10.1. The molecule has 1 aliphatic heterocycles. The molecule has 1 aromatic rings. The molecule has 1 atom stereocenters. The molecule has 2 aliphatic rings. The Hall–Kier alpha value is -1.89. The third kappa shape index (κ3) is 3.45. The Balaban J connectivity index is 1.81. The zero-order valence-corrected chi connectivity index (χ0v) is 15.0. The van der Waals surface area contributed by atoms with Crippen LogP contribution in [0.1, 0.15) is 37.8 Å². The van der Waals surface area contributed by atoms with Crippen molar-refractivity contribution < 1.29 is 8.42 Å². The smallest absolute Gasteiger partial charge is 0.251 e. The van der Waals surface area contributed by atoms with Crippen LogP contribution in [0.4, 0.5) is 0 Å². The second-order valence-electron chi connectivity index (χ2n) is 6.20. The molecule has 130 valence electrons. The summed E-state index contributed by atoms with van der Waals surface area (Å²) >= 11 is 0. The standard InChI is InChI=1S/C17H24N4O2S/c1-3-13-11-19-21(12-13)17(18-4-2)20-24(22,23)16-9-8-14-6-5-7-15(14)10-16/h8-11,13H,3-7,12H2,1-2H3,(H,18,20). The van der Waals surface area contributed by atoms with Crippen LogP contribution in [0.15, 0.2) is 33.2 Å². The van der Waals surface area contributed by atoms with Gasteiger partial charge in [-0.2, -0.15) is 5.10 Å². The normalized spacial score (nSPS) is 20.5.